The molecule has 1 atom stereocenters. The molecular formula is C35H45FN6O2. The maximum Gasteiger partial charge on any atom is 0.256 e. The Labute approximate surface area is 260 Å². The third-order valence-corrected chi connectivity index (χ3v) is 9.64. The zero-order chi connectivity index (χ0) is 31.8. The van der Waals surface area contributed by atoms with E-state index in [1.165, 1.54) is 17.7 Å². The van der Waals surface area contributed by atoms with E-state index in [9.17, 15) is 19.2 Å². The zero-order valence-electron chi connectivity index (χ0n) is 26.9. The number of nitriles is 1. The topological polar surface area (TPSA) is 85.5 Å². The van der Waals surface area contributed by atoms with E-state index in [2.05, 4.69) is 29.1 Å². The van der Waals surface area contributed by atoms with Crippen molar-refractivity contribution in [1.82, 2.24) is 24.3 Å². The highest BCUT2D eigenvalue weighted by atomic mass is 19.1. The minimum atomic E-state index is -0.967. The average Bonchev–Trinajstić information content (AvgIpc) is 3.61. The lowest BCUT2D eigenvalue weighted by Crippen LogP contribution is -2.46. The summed E-state index contributed by atoms with van der Waals surface area (Å²) in [7, 11) is 1.75. The fourth-order valence-corrected chi connectivity index (χ4v) is 6.79. The molecule has 0 bridgehead atoms. The molecule has 4 heterocycles. The Morgan fingerprint density at radius 3 is 2.52 bits per heavy atom. The van der Waals surface area contributed by atoms with Gasteiger partial charge in [0.2, 0.25) is 5.91 Å². The van der Waals surface area contributed by atoms with Crippen LogP contribution in [-0.2, 0) is 11.2 Å². The summed E-state index contributed by atoms with van der Waals surface area (Å²) in [5.74, 6) is 0.342. The average molecular weight is 601 g/mol. The molecule has 0 saturated carbocycles. The Bertz CT molecular complexity index is 1580. The molecule has 2 aromatic heterocycles. The van der Waals surface area contributed by atoms with Crippen LogP contribution in [0.1, 0.15) is 68.4 Å². The van der Waals surface area contributed by atoms with Crippen molar-refractivity contribution >= 4 is 22.7 Å². The Hall–Kier alpha value is -3.77. The predicted octanol–water partition coefficient (Wildman–Crippen LogP) is 5.61. The van der Waals surface area contributed by atoms with Crippen LogP contribution in [0, 0.1) is 41.3 Å². The maximum absolute atomic E-state index is 14.4. The van der Waals surface area contributed by atoms with Crippen molar-refractivity contribution < 1.29 is 14.0 Å². The second-order valence-electron chi connectivity index (χ2n) is 13.6. The highest BCUT2D eigenvalue weighted by Gasteiger charge is 2.35. The number of halogens is 1. The van der Waals surface area contributed by atoms with Crippen molar-refractivity contribution in [2.75, 3.05) is 39.8 Å². The van der Waals surface area contributed by atoms with Gasteiger partial charge >= 0.3 is 0 Å². The normalized spacial score (nSPS) is 18.2. The number of fused-ring (bicyclic) bond motifs is 1. The Morgan fingerprint density at radius 2 is 1.84 bits per heavy atom. The lowest BCUT2D eigenvalue weighted by atomic mass is 9.90. The lowest BCUT2D eigenvalue weighted by molar-refractivity contribution is -0.139. The first-order chi connectivity index (χ1) is 20.9. The van der Waals surface area contributed by atoms with E-state index in [-0.39, 0.29) is 17.9 Å². The number of carbonyl (C=O) groups excluding carboxylic acids is 2. The Morgan fingerprint density at radius 1 is 1.14 bits per heavy atom. The summed E-state index contributed by atoms with van der Waals surface area (Å²) in [6, 6.07) is 6.57. The first-order valence-electron chi connectivity index (χ1n) is 15.8. The summed E-state index contributed by atoms with van der Waals surface area (Å²) in [6.07, 6.45) is 9.82. The summed E-state index contributed by atoms with van der Waals surface area (Å²) in [4.78, 5) is 36.7. The maximum atomic E-state index is 14.4. The van der Waals surface area contributed by atoms with Gasteiger partial charge < -0.3 is 19.3 Å². The van der Waals surface area contributed by atoms with Crippen LogP contribution >= 0.6 is 0 Å². The van der Waals surface area contributed by atoms with Crippen LogP contribution in [0.4, 0.5) is 4.39 Å². The van der Waals surface area contributed by atoms with E-state index in [1.54, 1.807) is 31.9 Å². The molecule has 8 nitrogen and oxygen atoms in total. The molecule has 2 aliphatic rings. The second kappa shape index (κ2) is 12.7. The minimum absolute atomic E-state index is 0.0180. The van der Waals surface area contributed by atoms with Gasteiger partial charge in [0, 0.05) is 57.0 Å². The number of hydrogen-bond acceptors (Lipinski definition) is 5. The van der Waals surface area contributed by atoms with Gasteiger partial charge in [-0.1, -0.05) is 0 Å². The minimum Gasteiger partial charge on any atom is -0.341 e. The fraction of sp³-hybridized carbons (Fsp3) is 0.543. The second-order valence-corrected chi connectivity index (χ2v) is 13.6. The van der Waals surface area contributed by atoms with Crippen molar-refractivity contribution in [1.29, 1.82) is 5.26 Å². The van der Waals surface area contributed by atoms with E-state index < -0.39 is 11.2 Å². The molecule has 0 aliphatic carbocycles. The molecule has 0 spiro atoms. The number of benzene rings is 1. The molecule has 5 rings (SSSR count). The number of nitrogens with zero attached hydrogens (tertiary/aromatic N) is 6. The van der Waals surface area contributed by atoms with Crippen LogP contribution in [0.5, 0.6) is 0 Å². The first kappa shape index (κ1) is 31.6. The Balaban J connectivity index is 1.31. The molecule has 234 valence electrons. The highest BCUT2D eigenvalue weighted by Crippen LogP contribution is 2.33. The van der Waals surface area contributed by atoms with Crippen LogP contribution in [0.2, 0.25) is 0 Å². The first-order valence-corrected chi connectivity index (χ1v) is 15.8. The van der Waals surface area contributed by atoms with Crippen molar-refractivity contribution in [3.63, 3.8) is 0 Å². The summed E-state index contributed by atoms with van der Waals surface area (Å²) in [5.41, 5.74) is 3.25. The zero-order valence-corrected chi connectivity index (χ0v) is 26.9. The van der Waals surface area contributed by atoms with Gasteiger partial charge in [0.05, 0.1) is 29.0 Å². The van der Waals surface area contributed by atoms with E-state index in [0.717, 1.165) is 74.9 Å². The molecule has 9 heteroatoms. The fourth-order valence-electron chi connectivity index (χ4n) is 6.79. The number of piperidine rings is 1. The number of likely N-dealkylation sites (tertiary alicyclic amines) is 2. The number of hydrogen-bond donors (Lipinski definition) is 0. The lowest BCUT2D eigenvalue weighted by Gasteiger charge is -2.36. The van der Waals surface area contributed by atoms with E-state index in [4.69, 9.17) is 0 Å². The standard InChI is InChI=1S/C35H45FN6O2/c1-23(2)39(6)33(43)29-16-28(36)7-8-30(29)42-21-27(32-24(3)17-38-18-31(32)42)15-26-9-12-40(20-26)19-25-10-13-41(14-11-25)34(44)35(4,5)22-37/h7-8,16-18,21,23,25-26H,9-15,19-20H2,1-6H3/t26-/m1/s1. The summed E-state index contributed by atoms with van der Waals surface area (Å²) >= 11 is 0. The van der Waals surface area contributed by atoms with Gasteiger partial charge in [0.1, 0.15) is 11.2 Å². The monoisotopic (exact) mass is 600 g/mol. The number of carbonyl (C=O) groups is 2. The van der Waals surface area contributed by atoms with Gasteiger partial charge in [-0.2, -0.15) is 5.26 Å². The molecule has 0 N–H and O–H groups in total. The number of rotatable bonds is 8. The van der Waals surface area contributed by atoms with Crippen LogP contribution in [0.25, 0.3) is 16.6 Å². The van der Waals surface area contributed by atoms with Gasteiger partial charge in [-0.05, 0) is 108 Å². The van der Waals surface area contributed by atoms with Crippen molar-refractivity contribution in [3.8, 4) is 11.8 Å². The van der Waals surface area contributed by atoms with E-state index in [0.29, 0.717) is 23.1 Å². The molecule has 2 amide bonds. The molecule has 2 fully saturated rings. The van der Waals surface area contributed by atoms with Crippen LogP contribution in [-0.4, -0.2) is 81.9 Å². The van der Waals surface area contributed by atoms with Crippen LogP contribution in [0.15, 0.2) is 36.8 Å². The molecule has 2 aliphatic heterocycles. The smallest absolute Gasteiger partial charge is 0.256 e. The third kappa shape index (κ3) is 6.37. The third-order valence-electron chi connectivity index (χ3n) is 9.64. The molecule has 0 unspecified atom stereocenters. The van der Waals surface area contributed by atoms with Crippen LogP contribution < -0.4 is 0 Å². The summed E-state index contributed by atoms with van der Waals surface area (Å²) in [5, 5.41) is 10.5. The number of amides is 2. The Kier molecular flexibility index (Phi) is 9.12. The van der Waals surface area contributed by atoms with E-state index >= 15 is 0 Å². The quantitative estimate of drug-likeness (QED) is 0.336. The SMILES string of the molecule is Cc1cncc2c1c(C[C@H]1CCN(CC3CCN(C(=O)C(C)(C)C#N)CC3)C1)cn2-c1ccc(F)cc1C(=O)N(C)C(C)C. The van der Waals surface area contributed by atoms with E-state index in [1.807, 2.05) is 35.7 Å². The van der Waals surface area contributed by atoms with Crippen molar-refractivity contribution in [2.24, 2.45) is 17.3 Å². The van der Waals surface area contributed by atoms with Gasteiger partial charge in [0.25, 0.3) is 5.91 Å². The molecule has 0 radical (unpaired) electrons. The number of aryl methyl sites for hydroxylation is 1. The molecular weight excluding hydrogens is 555 g/mol. The highest BCUT2D eigenvalue weighted by molar-refractivity contribution is 5.99. The van der Waals surface area contributed by atoms with Crippen molar-refractivity contribution in [2.45, 2.75) is 66.3 Å². The van der Waals surface area contributed by atoms with Crippen LogP contribution in [0.3, 0.4) is 0 Å². The molecule has 1 aromatic carbocycles. The largest absolute Gasteiger partial charge is 0.341 e. The predicted molar refractivity (Wildman–Crippen MR) is 170 cm³/mol. The van der Waals surface area contributed by atoms with Gasteiger partial charge in [-0.15, -0.1) is 0 Å². The summed E-state index contributed by atoms with van der Waals surface area (Å²) < 4.78 is 16.5. The van der Waals surface area contributed by atoms with Crippen molar-refractivity contribution in [3.05, 3.63) is 59.3 Å². The molecule has 3 aromatic rings. The molecule has 2 saturated heterocycles. The van der Waals surface area contributed by atoms with Gasteiger partial charge in [-0.3, -0.25) is 14.6 Å². The molecule has 44 heavy (non-hydrogen) atoms. The van der Waals surface area contributed by atoms with Gasteiger partial charge in [-0.25, -0.2) is 4.39 Å². The number of aromatic nitrogens is 2. The summed E-state index contributed by atoms with van der Waals surface area (Å²) in [6.45, 7) is 13.9. The number of pyridine rings is 1. The van der Waals surface area contributed by atoms with Gasteiger partial charge in [0.15, 0.2) is 0 Å².